The molecular weight excluding hydrogens is 268 g/mol. The molecule has 6 nitrogen and oxygen atoms in total. The van der Waals surface area contributed by atoms with Crippen LogP contribution in [-0.4, -0.2) is 36.6 Å². The van der Waals surface area contributed by atoms with E-state index in [1.54, 1.807) is 17.3 Å². The summed E-state index contributed by atoms with van der Waals surface area (Å²) >= 11 is 0. The van der Waals surface area contributed by atoms with Gasteiger partial charge in [-0.05, 0) is 19.1 Å². The maximum atomic E-state index is 11.8. The van der Waals surface area contributed by atoms with Crippen molar-refractivity contribution in [1.82, 2.24) is 9.97 Å². The summed E-state index contributed by atoms with van der Waals surface area (Å²) < 4.78 is 5.40. The van der Waals surface area contributed by atoms with Gasteiger partial charge in [0.25, 0.3) is 5.91 Å². The van der Waals surface area contributed by atoms with Crippen molar-refractivity contribution in [3.63, 3.8) is 0 Å². The Morgan fingerprint density at radius 1 is 1.19 bits per heavy atom. The van der Waals surface area contributed by atoms with Crippen LogP contribution in [0.4, 0.5) is 11.6 Å². The molecule has 1 amide bonds. The highest BCUT2D eigenvalue weighted by Crippen LogP contribution is 2.12. The molecule has 6 heteroatoms. The van der Waals surface area contributed by atoms with Crippen molar-refractivity contribution in [3.8, 4) is 5.75 Å². The summed E-state index contributed by atoms with van der Waals surface area (Å²) in [7, 11) is 3.70. The third-order valence-corrected chi connectivity index (χ3v) is 2.71. The fraction of sp³-hybridized carbons (Fsp3) is 0.267. The molecule has 1 N–H and O–H groups in total. The number of hydrogen-bond acceptors (Lipinski definition) is 5. The molecular formula is C15H18N4O2. The van der Waals surface area contributed by atoms with Crippen LogP contribution in [0, 0.1) is 6.92 Å². The van der Waals surface area contributed by atoms with E-state index in [9.17, 15) is 4.79 Å². The van der Waals surface area contributed by atoms with Crippen LogP contribution in [0.1, 0.15) is 5.56 Å². The second-order valence-corrected chi connectivity index (χ2v) is 4.82. The van der Waals surface area contributed by atoms with E-state index in [4.69, 9.17) is 4.74 Å². The number of hydrogen-bond donors (Lipinski definition) is 1. The molecule has 0 spiro atoms. The Labute approximate surface area is 123 Å². The van der Waals surface area contributed by atoms with Crippen molar-refractivity contribution in [2.24, 2.45) is 0 Å². The van der Waals surface area contributed by atoms with Crippen LogP contribution in [0.25, 0.3) is 0 Å². The third kappa shape index (κ3) is 4.45. The quantitative estimate of drug-likeness (QED) is 0.909. The predicted molar refractivity (Wildman–Crippen MR) is 81.7 cm³/mol. The monoisotopic (exact) mass is 286 g/mol. The zero-order chi connectivity index (χ0) is 15.2. The second-order valence-electron chi connectivity index (χ2n) is 4.82. The first-order chi connectivity index (χ1) is 10.0. The van der Waals surface area contributed by atoms with Gasteiger partial charge in [0, 0.05) is 14.1 Å². The van der Waals surface area contributed by atoms with Gasteiger partial charge < -0.3 is 15.0 Å². The lowest BCUT2D eigenvalue weighted by Crippen LogP contribution is -2.20. The Balaban J connectivity index is 1.85. The van der Waals surface area contributed by atoms with Crippen LogP contribution >= 0.6 is 0 Å². The lowest BCUT2D eigenvalue weighted by molar-refractivity contribution is -0.118. The molecule has 110 valence electrons. The lowest BCUT2D eigenvalue weighted by atomic mass is 10.2. The first-order valence-electron chi connectivity index (χ1n) is 6.53. The van der Waals surface area contributed by atoms with Gasteiger partial charge in [0.05, 0.1) is 18.1 Å². The van der Waals surface area contributed by atoms with Crippen LogP contribution in [0.2, 0.25) is 0 Å². The number of aryl methyl sites for hydroxylation is 1. The number of ether oxygens (including phenoxy) is 1. The van der Waals surface area contributed by atoms with E-state index in [2.05, 4.69) is 15.3 Å². The topological polar surface area (TPSA) is 67.3 Å². The Hall–Kier alpha value is -2.63. The Bertz CT molecular complexity index is 594. The van der Waals surface area contributed by atoms with Crippen molar-refractivity contribution < 1.29 is 9.53 Å². The van der Waals surface area contributed by atoms with E-state index in [0.717, 1.165) is 5.56 Å². The SMILES string of the molecule is Cc1ccc(OCC(=O)Nc2cnc(N(C)C)nc2)cc1. The van der Waals surface area contributed by atoms with Gasteiger partial charge in [-0.15, -0.1) is 0 Å². The highest BCUT2D eigenvalue weighted by Gasteiger charge is 2.05. The molecule has 0 aliphatic heterocycles. The number of anilines is 2. The molecule has 0 saturated carbocycles. The Morgan fingerprint density at radius 2 is 1.81 bits per heavy atom. The number of amides is 1. The van der Waals surface area contributed by atoms with Crippen LogP contribution in [0.5, 0.6) is 5.75 Å². The normalized spacial score (nSPS) is 10.0. The second kappa shape index (κ2) is 6.69. The van der Waals surface area contributed by atoms with Gasteiger partial charge in [-0.2, -0.15) is 0 Å². The molecule has 1 aromatic carbocycles. The Morgan fingerprint density at radius 3 is 2.38 bits per heavy atom. The van der Waals surface area contributed by atoms with Crippen molar-refractivity contribution in [2.75, 3.05) is 30.9 Å². The van der Waals surface area contributed by atoms with Gasteiger partial charge in [0.2, 0.25) is 5.95 Å². The maximum absolute atomic E-state index is 11.8. The number of nitrogens with one attached hydrogen (secondary N) is 1. The summed E-state index contributed by atoms with van der Waals surface area (Å²) in [6.07, 6.45) is 3.12. The van der Waals surface area contributed by atoms with Crippen LogP contribution < -0.4 is 15.0 Å². The molecule has 1 heterocycles. The van der Waals surface area contributed by atoms with Gasteiger partial charge >= 0.3 is 0 Å². The lowest BCUT2D eigenvalue weighted by Gasteiger charge is -2.10. The zero-order valence-electron chi connectivity index (χ0n) is 12.3. The van der Waals surface area contributed by atoms with Gasteiger partial charge in [-0.25, -0.2) is 9.97 Å². The summed E-state index contributed by atoms with van der Waals surface area (Å²) in [6.45, 7) is 1.94. The van der Waals surface area contributed by atoms with Crippen molar-refractivity contribution in [1.29, 1.82) is 0 Å². The van der Waals surface area contributed by atoms with E-state index in [-0.39, 0.29) is 12.5 Å². The average molecular weight is 286 g/mol. The van der Waals surface area contributed by atoms with E-state index in [1.807, 2.05) is 45.3 Å². The molecule has 0 unspecified atom stereocenters. The molecule has 21 heavy (non-hydrogen) atoms. The summed E-state index contributed by atoms with van der Waals surface area (Å²) in [6, 6.07) is 7.53. The number of aromatic nitrogens is 2. The van der Waals surface area contributed by atoms with Crippen molar-refractivity contribution in [2.45, 2.75) is 6.92 Å². The van der Waals surface area contributed by atoms with Crippen molar-refractivity contribution in [3.05, 3.63) is 42.2 Å². The molecule has 2 aromatic rings. The van der Waals surface area contributed by atoms with Crippen LogP contribution in [0.3, 0.4) is 0 Å². The molecule has 0 aliphatic rings. The van der Waals surface area contributed by atoms with E-state index in [0.29, 0.717) is 17.4 Å². The molecule has 0 aliphatic carbocycles. The average Bonchev–Trinajstić information content (AvgIpc) is 2.47. The van der Waals surface area contributed by atoms with E-state index >= 15 is 0 Å². The smallest absolute Gasteiger partial charge is 0.262 e. The van der Waals surface area contributed by atoms with E-state index < -0.39 is 0 Å². The molecule has 1 aromatic heterocycles. The van der Waals surface area contributed by atoms with Crippen molar-refractivity contribution >= 4 is 17.5 Å². The molecule has 0 fully saturated rings. The minimum Gasteiger partial charge on any atom is -0.484 e. The Kier molecular flexibility index (Phi) is 4.71. The number of benzene rings is 1. The van der Waals surface area contributed by atoms with Crippen LogP contribution in [0.15, 0.2) is 36.7 Å². The molecule has 2 rings (SSSR count). The largest absolute Gasteiger partial charge is 0.484 e. The molecule has 0 saturated heterocycles. The summed E-state index contributed by atoms with van der Waals surface area (Å²) in [5.41, 5.74) is 1.68. The predicted octanol–water partition coefficient (Wildman–Crippen LogP) is 1.87. The van der Waals surface area contributed by atoms with Gasteiger partial charge in [0.15, 0.2) is 6.61 Å². The maximum Gasteiger partial charge on any atom is 0.262 e. The highest BCUT2D eigenvalue weighted by molar-refractivity contribution is 5.91. The number of carbonyl (C=O) groups excluding carboxylic acids is 1. The fourth-order valence-corrected chi connectivity index (χ4v) is 1.60. The van der Waals surface area contributed by atoms with E-state index in [1.165, 1.54) is 0 Å². The fourth-order valence-electron chi connectivity index (χ4n) is 1.60. The number of nitrogens with zero attached hydrogens (tertiary/aromatic N) is 3. The number of rotatable bonds is 5. The minimum absolute atomic E-state index is 0.0571. The molecule has 0 bridgehead atoms. The number of carbonyl (C=O) groups is 1. The zero-order valence-corrected chi connectivity index (χ0v) is 12.3. The first-order valence-corrected chi connectivity index (χ1v) is 6.53. The minimum atomic E-state index is -0.253. The molecule has 0 atom stereocenters. The van der Waals surface area contributed by atoms with Gasteiger partial charge in [-0.1, -0.05) is 17.7 Å². The third-order valence-electron chi connectivity index (χ3n) is 2.71. The summed E-state index contributed by atoms with van der Waals surface area (Å²) in [4.78, 5) is 21.8. The molecule has 0 radical (unpaired) electrons. The van der Waals surface area contributed by atoms with Gasteiger partial charge in [-0.3, -0.25) is 4.79 Å². The highest BCUT2D eigenvalue weighted by atomic mass is 16.5. The standard InChI is InChI=1S/C15H18N4O2/c1-11-4-6-13(7-5-11)21-10-14(20)18-12-8-16-15(17-9-12)19(2)3/h4-9H,10H2,1-3H3,(H,18,20). The summed E-state index contributed by atoms with van der Waals surface area (Å²) in [5, 5.41) is 2.68. The summed E-state index contributed by atoms with van der Waals surface area (Å²) in [5.74, 6) is 0.996. The first kappa shape index (κ1) is 14.8. The van der Waals surface area contributed by atoms with Crippen LogP contribution in [-0.2, 0) is 4.79 Å². The van der Waals surface area contributed by atoms with Gasteiger partial charge in [0.1, 0.15) is 5.75 Å².